The van der Waals surface area contributed by atoms with Gasteiger partial charge in [0.2, 0.25) is 0 Å². The molecular formula is C22H29N2O4P. The van der Waals surface area contributed by atoms with Crippen LogP contribution in [0.5, 0.6) is 0 Å². The van der Waals surface area contributed by atoms with Crippen LogP contribution in [0.4, 0.5) is 11.4 Å². The molecule has 0 aromatic heterocycles. The molecule has 0 radical (unpaired) electrons. The number of nitro groups is 1. The van der Waals surface area contributed by atoms with E-state index in [2.05, 4.69) is 25.9 Å². The molecule has 1 fully saturated rings. The molecule has 2 aromatic rings. The van der Waals surface area contributed by atoms with Crippen molar-refractivity contribution in [1.82, 2.24) is 0 Å². The van der Waals surface area contributed by atoms with E-state index in [0.29, 0.717) is 28.7 Å². The smallest absolute Gasteiger partial charge is 0.312 e. The van der Waals surface area contributed by atoms with Crippen LogP contribution in [0.15, 0.2) is 54.6 Å². The summed E-state index contributed by atoms with van der Waals surface area (Å²) in [6, 6.07) is 15.1. The number of rotatable bonds is 7. The van der Waals surface area contributed by atoms with Gasteiger partial charge in [-0.05, 0) is 48.8 Å². The first kappa shape index (κ1) is 21.5. The molecule has 0 amide bonds. The van der Waals surface area contributed by atoms with Gasteiger partial charge in [0.15, 0.2) is 0 Å². The van der Waals surface area contributed by atoms with Gasteiger partial charge in [-0.3, -0.25) is 14.7 Å². The molecule has 0 bridgehead atoms. The summed E-state index contributed by atoms with van der Waals surface area (Å²) in [4.78, 5) is 10.7. The fourth-order valence-electron chi connectivity index (χ4n) is 4.06. The van der Waals surface area contributed by atoms with Gasteiger partial charge >= 0.3 is 7.52 Å². The van der Waals surface area contributed by atoms with Crippen LogP contribution in [0, 0.1) is 27.9 Å². The standard InChI is InChI=1S/C22H29N2O4P/c1-16(2)21-13-12-17(3)14-22(21)28-29(27,20-10-5-4-6-11-20)23-18-8-7-9-19(15-18)24(25)26/h4-11,15-17,21-22H,12-14H2,1-3H3,(H,23,27)/t17-,21+,22-,29+/m1/s1. The zero-order valence-electron chi connectivity index (χ0n) is 17.2. The Bertz CT molecular complexity index is 887. The minimum atomic E-state index is -3.49. The highest BCUT2D eigenvalue weighted by Crippen LogP contribution is 2.51. The highest BCUT2D eigenvalue weighted by atomic mass is 31.2. The highest BCUT2D eigenvalue weighted by molar-refractivity contribution is 7.68. The van der Waals surface area contributed by atoms with Gasteiger partial charge < -0.3 is 9.61 Å². The van der Waals surface area contributed by atoms with Gasteiger partial charge in [0.1, 0.15) is 0 Å². The lowest BCUT2D eigenvalue weighted by Crippen LogP contribution is -2.35. The number of non-ortho nitro benzene ring substituents is 1. The minimum Gasteiger partial charge on any atom is -0.312 e. The zero-order valence-corrected chi connectivity index (χ0v) is 18.0. The van der Waals surface area contributed by atoms with Crippen LogP contribution >= 0.6 is 7.52 Å². The van der Waals surface area contributed by atoms with Crippen molar-refractivity contribution in [1.29, 1.82) is 0 Å². The molecule has 0 heterocycles. The summed E-state index contributed by atoms with van der Waals surface area (Å²) >= 11 is 0. The highest BCUT2D eigenvalue weighted by Gasteiger charge is 2.38. The van der Waals surface area contributed by atoms with Crippen molar-refractivity contribution in [2.75, 3.05) is 5.09 Å². The van der Waals surface area contributed by atoms with Crippen molar-refractivity contribution in [2.24, 2.45) is 17.8 Å². The Kier molecular flexibility index (Phi) is 6.76. The van der Waals surface area contributed by atoms with E-state index in [0.717, 1.165) is 19.3 Å². The van der Waals surface area contributed by atoms with E-state index in [9.17, 15) is 14.7 Å². The lowest BCUT2D eigenvalue weighted by molar-refractivity contribution is -0.384. The normalized spacial score (nSPS) is 24.1. The number of nitro benzene ring substituents is 1. The molecule has 6 nitrogen and oxygen atoms in total. The van der Waals surface area contributed by atoms with Crippen LogP contribution in [0.3, 0.4) is 0 Å². The maximum atomic E-state index is 14.1. The second-order valence-corrected chi connectivity index (χ2v) is 10.3. The minimum absolute atomic E-state index is 0.0547. The van der Waals surface area contributed by atoms with E-state index >= 15 is 0 Å². The Balaban J connectivity index is 1.95. The van der Waals surface area contributed by atoms with Gasteiger partial charge in [0.25, 0.3) is 5.69 Å². The van der Waals surface area contributed by atoms with E-state index in [4.69, 9.17) is 4.52 Å². The number of anilines is 1. The van der Waals surface area contributed by atoms with E-state index in [-0.39, 0.29) is 11.8 Å². The average molecular weight is 416 g/mol. The second-order valence-electron chi connectivity index (χ2n) is 8.28. The van der Waals surface area contributed by atoms with Gasteiger partial charge in [0.05, 0.1) is 16.3 Å². The molecule has 7 heteroatoms. The van der Waals surface area contributed by atoms with Crippen LogP contribution in [-0.2, 0) is 9.09 Å². The summed E-state index contributed by atoms with van der Waals surface area (Å²) in [7, 11) is -3.49. The van der Waals surface area contributed by atoms with E-state index in [1.165, 1.54) is 12.1 Å². The average Bonchev–Trinajstić information content (AvgIpc) is 2.68. The number of benzene rings is 2. The third-order valence-corrected chi connectivity index (χ3v) is 7.77. The summed E-state index contributed by atoms with van der Waals surface area (Å²) in [5, 5.41) is 14.7. The first-order chi connectivity index (χ1) is 13.8. The fraction of sp³-hybridized carbons (Fsp3) is 0.455. The van der Waals surface area contributed by atoms with Crippen LogP contribution in [0.25, 0.3) is 0 Å². The molecule has 0 saturated heterocycles. The summed E-state index contributed by atoms with van der Waals surface area (Å²) in [5.41, 5.74) is 0.359. The molecule has 1 aliphatic carbocycles. The molecule has 0 aliphatic heterocycles. The molecule has 1 aliphatic rings. The van der Waals surface area contributed by atoms with Gasteiger partial charge in [-0.15, -0.1) is 0 Å². The molecule has 156 valence electrons. The Labute approximate surface area is 172 Å². The Morgan fingerprint density at radius 3 is 2.52 bits per heavy atom. The van der Waals surface area contributed by atoms with Crippen LogP contribution < -0.4 is 10.4 Å². The number of hydrogen-bond acceptors (Lipinski definition) is 4. The molecule has 1 saturated carbocycles. The first-order valence-corrected chi connectivity index (χ1v) is 11.8. The van der Waals surface area contributed by atoms with Crippen molar-refractivity contribution in [3.8, 4) is 0 Å². The van der Waals surface area contributed by atoms with Gasteiger partial charge in [0, 0.05) is 17.8 Å². The van der Waals surface area contributed by atoms with Crippen molar-refractivity contribution >= 4 is 24.2 Å². The maximum Gasteiger partial charge on any atom is 0.324 e. The van der Waals surface area contributed by atoms with E-state index < -0.39 is 12.4 Å². The topological polar surface area (TPSA) is 81.5 Å². The number of nitrogens with zero attached hydrogens (tertiary/aromatic N) is 1. The third-order valence-electron chi connectivity index (χ3n) is 5.67. The Morgan fingerprint density at radius 2 is 1.86 bits per heavy atom. The Hall–Kier alpha value is -2.17. The van der Waals surface area contributed by atoms with Gasteiger partial charge in [-0.25, -0.2) is 0 Å². The van der Waals surface area contributed by atoms with E-state index in [1.54, 1.807) is 24.3 Å². The lowest BCUT2D eigenvalue weighted by Gasteiger charge is -2.39. The molecule has 29 heavy (non-hydrogen) atoms. The number of hydrogen-bond donors (Lipinski definition) is 1. The SMILES string of the molecule is CC(C)[C@@H]1CC[C@@H](C)C[C@H]1O[P@](=O)(Nc1cccc([N+](=O)[O-])c1)c1ccccc1. The van der Waals surface area contributed by atoms with Crippen LogP contribution in [0.2, 0.25) is 0 Å². The van der Waals surface area contributed by atoms with Gasteiger partial charge in [-0.1, -0.05) is 51.5 Å². The van der Waals surface area contributed by atoms with Crippen molar-refractivity contribution in [3.05, 3.63) is 64.7 Å². The molecule has 0 spiro atoms. The molecule has 1 N–H and O–H groups in total. The summed E-state index contributed by atoms with van der Waals surface area (Å²) < 4.78 is 20.5. The summed E-state index contributed by atoms with van der Waals surface area (Å²) in [6.45, 7) is 6.56. The molecule has 3 rings (SSSR count). The monoisotopic (exact) mass is 416 g/mol. The predicted octanol–water partition coefficient (Wildman–Crippen LogP) is 6.00. The lowest BCUT2D eigenvalue weighted by atomic mass is 9.75. The quantitative estimate of drug-likeness (QED) is 0.340. The maximum absolute atomic E-state index is 14.1. The van der Waals surface area contributed by atoms with Gasteiger partial charge in [-0.2, -0.15) is 0 Å². The van der Waals surface area contributed by atoms with Crippen molar-refractivity contribution in [2.45, 2.75) is 46.1 Å². The first-order valence-electron chi connectivity index (χ1n) is 10.2. The third kappa shape index (κ3) is 5.26. The van der Waals surface area contributed by atoms with Crippen LogP contribution in [-0.4, -0.2) is 11.0 Å². The summed E-state index contributed by atoms with van der Waals surface area (Å²) in [5.74, 6) is 1.27. The molecule has 2 aromatic carbocycles. The summed E-state index contributed by atoms with van der Waals surface area (Å²) in [6.07, 6.45) is 2.93. The molecule has 4 atom stereocenters. The molecular weight excluding hydrogens is 387 g/mol. The Morgan fingerprint density at radius 1 is 1.14 bits per heavy atom. The van der Waals surface area contributed by atoms with Crippen LogP contribution in [0.1, 0.15) is 40.0 Å². The van der Waals surface area contributed by atoms with E-state index in [1.807, 2.05) is 18.2 Å². The van der Waals surface area contributed by atoms with Crippen molar-refractivity contribution in [3.63, 3.8) is 0 Å². The largest absolute Gasteiger partial charge is 0.324 e. The molecule has 0 unspecified atom stereocenters. The fourth-order valence-corrected chi connectivity index (χ4v) is 6.03. The van der Waals surface area contributed by atoms with Crippen molar-refractivity contribution < 1.29 is 14.0 Å². The predicted molar refractivity (Wildman–Crippen MR) is 117 cm³/mol. The zero-order chi connectivity index (χ0) is 21.0. The second kappa shape index (κ2) is 9.10. The number of nitrogens with one attached hydrogen (secondary N) is 1.